The van der Waals surface area contributed by atoms with Gasteiger partial charge in [-0.15, -0.1) is 0 Å². The zero-order valence-electron chi connectivity index (χ0n) is 11.5. The third-order valence-electron chi connectivity index (χ3n) is 2.85. The smallest absolute Gasteiger partial charge is 0.274 e. The van der Waals surface area contributed by atoms with Crippen LogP contribution in [0.25, 0.3) is 0 Å². The molecular weight excluding hydrogens is 276 g/mol. The molecule has 1 heterocycles. The molecule has 2 aromatic rings. The number of carbonyl (C=O) groups excluding carboxylic acids is 1. The number of hydrogen-bond acceptors (Lipinski definition) is 3. The zero-order valence-corrected chi connectivity index (χ0v) is 12.3. The van der Waals surface area contributed by atoms with Gasteiger partial charge in [0.25, 0.3) is 5.91 Å². The van der Waals surface area contributed by atoms with Gasteiger partial charge < -0.3 is 4.42 Å². The summed E-state index contributed by atoms with van der Waals surface area (Å²) in [6.07, 6.45) is 0. The standard InChI is InChI=1S/C15H15ClN2O2/c1-9-7-14(11(3)20-9)15(19)18-17-10(2)12-5-4-6-13(16)8-12/h4-8H,1-3H3,(H,18,19)/b17-10+. The molecule has 1 amide bonds. The molecule has 0 bridgehead atoms. The fourth-order valence-corrected chi connectivity index (χ4v) is 2.02. The zero-order chi connectivity index (χ0) is 14.7. The monoisotopic (exact) mass is 290 g/mol. The van der Waals surface area contributed by atoms with E-state index < -0.39 is 0 Å². The van der Waals surface area contributed by atoms with E-state index >= 15 is 0 Å². The van der Waals surface area contributed by atoms with Crippen LogP contribution in [0.3, 0.4) is 0 Å². The van der Waals surface area contributed by atoms with E-state index in [4.69, 9.17) is 16.0 Å². The van der Waals surface area contributed by atoms with E-state index in [1.807, 2.05) is 12.1 Å². The Bertz CT molecular complexity index is 674. The lowest BCUT2D eigenvalue weighted by Gasteiger charge is -2.02. The van der Waals surface area contributed by atoms with Crippen molar-refractivity contribution in [3.63, 3.8) is 0 Å². The molecule has 0 fully saturated rings. The Morgan fingerprint density at radius 1 is 1.30 bits per heavy atom. The van der Waals surface area contributed by atoms with E-state index in [0.29, 0.717) is 27.8 Å². The molecule has 104 valence electrons. The normalized spacial score (nSPS) is 11.5. The van der Waals surface area contributed by atoms with Gasteiger partial charge in [-0.2, -0.15) is 5.10 Å². The Balaban J connectivity index is 2.13. The molecule has 1 aromatic carbocycles. The van der Waals surface area contributed by atoms with Crippen molar-refractivity contribution in [2.45, 2.75) is 20.8 Å². The molecule has 5 heteroatoms. The van der Waals surface area contributed by atoms with Crippen molar-refractivity contribution < 1.29 is 9.21 Å². The van der Waals surface area contributed by atoms with Crippen molar-refractivity contribution in [1.29, 1.82) is 0 Å². The number of aryl methyl sites for hydroxylation is 2. The van der Waals surface area contributed by atoms with Crippen LogP contribution in [-0.4, -0.2) is 11.6 Å². The lowest BCUT2D eigenvalue weighted by molar-refractivity contribution is 0.0953. The van der Waals surface area contributed by atoms with Crippen LogP contribution in [0, 0.1) is 13.8 Å². The van der Waals surface area contributed by atoms with Crippen LogP contribution in [0.5, 0.6) is 0 Å². The molecule has 0 aliphatic carbocycles. The molecule has 2 rings (SSSR count). The van der Waals surface area contributed by atoms with Crippen LogP contribution in [0.2, 0.25) is 5.02 Å². The third-order valence-corrected chi connectivity index (χ3v) is 3.09. The Labute approximate surface area is 122 Å². The molecule has 0 saturated carbocycles. The van der Waals surface area contributed by atoms with E-state index in [0.717, 1.165) is 5.56 Å². The van der Waals surface area contributed by atoms with Crippen LogP contribution in [0.4, 0.5) is 0 Å². The van der Waals surface area contributed by atoms with E-state index in [1.165, 1.54) is 0 Å². The van der Waals surface area contributed by atoms with Gasteiger partial charge >= 0.3 is 0 Å². The minimum Gasteiger partial charge on any atom is -0.466 e. The van der Waals surface area contributed by atoms with Gasteiger partial charge in [0.2, 0.25) is 0 Å². The van der Waals surface area contributed by atoms with Crippen molar-refractivity contribution in [3.05, 3.63) is 58.0 Å². The summed E-state index contributed by atoms with van der Waals surface area (Å²) in [5.41, 5.74) is 4.55. The molecule has 0 radical (unpaired) electrons. The second kappa shape index (κ2) is 5.92. The largest absolute Gasteiger partial charge is 0.466 e. The van der Waals surface area contributed by atoms with Crippen molar-refractivity contribution in [2.75, 3.05) is 0 Å². The fraction of sp³-hybridized carbons (Fsp3) is 0.200. The summed E-state index contributed by atoms with van der Waals surface area (Å²) < 4.78 is 5.32. The Kier molecular flexibility index (Phi) is 4.25. The van der Waals surface area contributed by atoms with Crippen LogP contribution in [-0.2, 0) is 0 Å². The maximum Gasteiger partial charge on any atom is 0.274 e. The van der Waals surface area contributed by atoms with E-state index in [9.17, 15) is 4.79 Å². The quantitative estimate of drug-likeness (QED) is 0.692. The Morgan fingerprint density at radius 2 is 2.05 bits per heavy atom. The van der Waals surface area contributed by atoms with E-state index in [1.54, 1.807) is 39.0 Å². The summed E-state index contributed by atoms with van der Waals surface area (Å²) in [7, 11) is 0. The minimum atomic E-state index is -0.291. The second-order valence-corrected chi connectivity index (χ2v) is 4.91. The summed E-state index contributed by atoms with van der Waals surface area (Å²) in [4.78, 5) is 12.0. The van der Waals surface area contributed by atoms with Gasteiger partial charge in [-0.3, -0.25) is 4.79 Å². The lowest BCUT2D eigenvalue weighted by atomic mass is 10.1. The molecule has 1 N–H and O–H groups in total. The van der Waals surface area contributed by atoms with Crippen LogP contribution in [0.15, 0.2) is 39.9 Å². The van der Waals surface area contributed by atoms with Gasteiger partial charge in [-0.1, -0.05) is 23.7 Å². The fourth-order valence-electron chi connectivity index (χ4n) is 1.83. The predicted molar refractivity (Wildman–Crippen MR) is 79.3 cm³/mol. The van der Waals surface area contributed by atoms with Crippen molar-refractivity contribution in [3.8, 4) is 0 Å². The van der Waals surface area contributed by atoms with Crippen LogP contribution < -0.4 is 5.43 Å². The molecule has 0 saturated heterocycles. The molecule has 0 spiro atoms. The number of hydrogen-bond donors (Lipinski definition) is 1. The van der Waals surface area contributed by atoms with Crippen molar-refractivity contribution in [2.24, 2.45) is 5.10 Å². The maximum atomic E-state index is 12.0. The highest BCUT2D eigenvalue weighted by Gasteiger charge is 2.12. The molecule has 0 aliphatic rings. The molecule has 4 nitrogen and oxygen atoms in total. The van der Waals surface area contributed by atoms with Gasteiger partial charge in [0.15, 0.2) is 0 Å². The van der Waals surface area contributed by atoms with Gasteiger partial charge in [-0.25, -0.2) is 5.43 Å². The van der Waals surface area contributed by atoms with Crippen LogP contribution in [0.1, 0.15) is 34.4 Å². The molecule has 0 aliphatic heterocycles. The number of benzene rings is 1. The summed E-state index contributed by atoms with van der Waals surface area (Å²) in [6.45, 7) is 5.35. The second-order valence-electron chi connectivity index (χ2n) is 4.48. The molecule has 1 aromatic heterocycles. The summed E-state index contributed by atoms with van der Waals surface area (Å²) >= 11 is 5.92. The number of rotatable bonds is 3. The number of nitrogens with one attached hydrogen (secondary N) is 1. The first-order valence-corrected chi connectivity index (χ1v) is 6.53. The predicted octanol–water partition coefficient (Wildman–Crippen LogP) is 3.70. The topological polar surface area (TPSA) is 54.6 Å². The van der Waals surface area contributed by atoms with E-state index in [-0.39, 0.29) is 5.91 Å². The highest BCUT2D eigenvalue weighted by atomic mass is 35.5. The van der Waals surface area contributed by atoms with Gasteiger partial charge in [0.05, 0.1) is 11.3 Å². The number of hydrazone groups is 1. The highest BCUT2D eigenvalue weighted by molar-refractivity contribution is 6.31. The maximum absolute atomic E-state index is 12.0. The van der Waals surface area contributed by atoms with Gasteiger partial charge in [0.1, 0.15) is 11.5 Å². The molecular formula is C15H15ClN2O2. The number of nitrogens with zero attached hydrogens (tertiary/aromatic N) is 1. The average Bonchev–Trinajstić information content (AvgIpc) is 2.74. The van der Waals surface area contributed by atoms with Gasteiger partial charge in [-0.05, 0) is 44.5 Å². The van der Waals surface area contributed by atoms with E-state index in [2.05, 4.69) is 10.5 Å². The van der Waals surface area contributed by atoms with Crippen LogP contribution >= 0.6 is 11.6 Å². The SMILES string of the molecule is C/C(=N\NC(=O)c1cc(C)oc1C)c1cccc(Cl)c1. The summed E-state index contributed by atoms with van der Waals surface area (Å²) in [6, 6.07) is 8.98. The highest BCUT2D eigenvalue weighted by Crippen LogP contribution is 2.14. The third kappa shape index (κ3) is 3.27. The molecule has 20 heavy (non-hydrogen) atoms. The Hall–Kier alpha value is -2.07. The summed E-state index contributed by atoms with van der Waals surface area (Å²) in [5.74, 6) is 0.986. The first-order valence-electron chi connectivity index (χ1n) is 6.15. The average molecular weight is 291 g/mol. The number of carbonyl (C=O) groups is 1. The Morgan fingerprint density at radius 3 is 2.65 bits per heavy atom. The van der Waals surface area contributed by atoms with Crippen molar-refractivity contribution >= 4 is 23.2 Å². The lowest BCUT2D eigenvalue weighted by Crippen LogP contribution is -2.19. The molecule has 0 unspecified atom stereocenters. The number of amides is 1. The number of furan rings is 1. The summed E-state index contributed by atoms with van der Waals surface area (Å²) in [5, 5.41) is 4.71. The first-order chi connectivity index (χ1) is 9.47. The number of halogens is 1. The van der Waals surface area contributed by atoms with Gasteiger partial charge in [0, 0.05) is 5.02 Å². The van der Waals surface area contributed by atoms with Crippen molar-refractivity contribution in [1.82, 2.24) is 5.43 Å². The minimum absolute atomic E-state index is 0.291. The molecule has 0 atom stereocenters. The first kappa shape index (κ1) is 14.3.